The average Bonchev–Trinajstić information content (AvgIpc) is 2.82. The Morgan fingerprint density at radius 1 is 1.06 bits per heavy atom. The minimum atomic E-state index is -0.0464. The lowest BCUT2D eigenvalue weighted by Gasteiger charge is -2.39. The zero-order valence-electron chi connectivity index (χ0n) is 18.3. The summed E-state index contributed by atoms with van der Waals surface area (Å²) in [4.78, 5) is 29.6. The molecule has 2 aliphatic heterocycles. The lowest BCUT2D eigenvalue weighted by atomic mass is 9.96. The predicted octanol–water partition coefficient (Wildman–Crippen LogP) is 4.12. The SMILES string of the molecule is CCC1CN(C(=O)N2CCC(C(=O)NCc3ccc(C)cc3)CC2)c2ccccc2O1. The van der Waals surface area contributed by atoms with Crippen LogP contribution in [0.3, 0.4) is 0 Å². The van der Waals surface area contributed by atoms with Crippen molar-refractivity contribution in [1.82, 2.24) is 10.2 Å². The molecule has 2 aromatic carbocycles. The minimum absolute atomic E-state index is 0.00365. The lowest BCUT2D eigenvalue weighted by Crippen LogP contribution is -2.52. The molecule has 31 heavy (non-hydrogen) atoms. The van der Waals surface area contributed by atoms with E-state index in [0.29, 0.717) is 39.0 Å². The normalized spacial score (nSPS) is 18.8. The Bertz CT molecular complexity index is 920. The molecule has 0 bridgehead atoms. The lowest BCUT2D eigenvalue weighted by molar-refractivity contribution is -0.126. The van der Waals surface area contributed by atoms with Crippen molar-refractivity contribution < 1.29 is 14.3 Å². The Labute approximate surface area is 184 Å². The molecule has 0 saturated carbocycles. The van der Waals surface area contributed by atoms with Gasteiger partial charge in [-0.15, -0.1) is 0 Å². The molecule has 3 amide bonds. The monoisotopic (exact) mass is 421 g/mol. The van der Waals surface area contributed by atoms with E-state index in [1.807, 2.05) is 46.2 Å². The highest BCUT2D eigenvalue weighted by Gasteiger charge is 2.34. The van der Waals surface area contributed by atoms with Gasteiger partial charge in [0.05, 0.1) is 12.2 Å². The number of urea groups is 1. The second-order valence-corrected chi connectivity index (χ2v) is 8.47. The molecule has 6 nitrogen and oxygen atoms in total. The molecular weight excluding hydrogens is 390 g/mol. The molecule has 0 aromatic heterocycles. The summed E-state index contributed by atoms with van der Waals surface area (Å²) in [5, 5.41) is 3.05. The van der Waals surface area contributed by atoms with Crippen molar-refractivity contribution in [3.63, 3.8) is 0 Å². The first-order chi connectivity index (χ1) is 15.0. The highest BCUT2D eigenvalue weighted by Crippen LogP contribution is 2.35. The van der Waals surface area contributed by atoms with Crippen molar-refractivity contribution in [3.8, 4) is 5.75 Å². The number of nitrogens with one attached hydrogen (secondary N) is 1. The third-order valence-corrected chi connectivity index (χ3v) is 6.25. The van der Waals surface area contributed by atoms with Crippen molar-refractivity contribution >= 4 is 17.6 Å². The van der Waals surface area contributed by atoms with Gasteiger partial charge in [-0.2, -0.15) is 0 Å². The van der Waals surface area contributed by atoms with Crippen molar-refractivity contribution in [2.24, 2.45) is 5.92 Å². The van der Waals surface area contributed by atoms with Gasteiger partial charge in [0.2, 0.25) is 5.91 Å². The number of fused-ring (bicyclic) bond motifs is 1. The van der Waals surface area contributed by atoms with Crippen LogP contribution in [0.1, 0.15) is 37.3 Å². The molecule has 0 radical (unpaired) electrons. The number of likely N-dealkylation sites (tertiary alicyclic amines) is 1. The number of para-hydroxylation sites is 2. The molecule has 1 atom stereocenters. The first-order valence-electron chi connectivity index (χ1n) is 11.2. The van der Waals surface area contributed by atoms with Crippen LogP contribution in [-0.2, 0) is 11.3 Å². The van der Waals surface area contributed by atoms with Gasteiger partial charge in [-0.05, 0) is 43.9 Å². The van der Waals surface area contributed by atoms with Crippen LogP contribution in [-0.4, -0.2) is 42.6 Å². The molecule has 164 valence electrons. The van der Waals surface area contributed by atoms with Gasteiger partial charge in [0.25, 0.3) is 0 Å². The molecule has 6 heteroatoms. The van der Waals surface area contributed by atoms with Gasteiger partial charge in [0.1, 0.15) is 11.9 Å². The minimum Gasteiger partial charge on any atom is -0.486 e. The summed E-state index contributed by atoms with van der Waals surface area (Å²) in [5.74, 6) is 0.796. The van der Waals surface area contributed by atoms with Crippen LogP contribution in [0.15, 0.2) is 48.5 Å². The third kappa shape index (κ3) is 4.84. The topological polar surface area (TPSA) is 61.9 Å². The standard InChI is InChI=1S/C25H31N3O3/c1-3-21-17-28(22-6-4-5-7-23(22)31-21)25(30)27-14-12-20(13-15-27)24(29)26-16-19-10-8-18(2)9-11-19/h4-11,20-21H,3,12-17H2,1-2H3,(H,26,29). The number of nitrogens with zero attached hydrogens (tertiary/aromatic N) is 2. The van der Waals surface area contributed by atoms with E-state index in [-0.39, 0.29) is 24.0 Å². The van der Waals surface area contributed by atoms with Crippen LogP contribution in [0.25, 0.3) is 0 Å². The predicted molar refractivity (Wildman–Crippen MR) is 121 cm³/mol. The molecule has 2 aromatic rings. The molecule has 1 fully saturated rings. The fourth-order valence-corrected chi connectivity index (χ4v) is 4.24. The van der Waals surface area contributed by atoms with Crippen molar-refractivity contribution in [3.05, 3.63) is 59.7 Å². The highest BCUT2D eigenvalue weighted by atomic mass is 16.5. The first kappa shape index (κ1) is 21.2. The van der Waals surface area contributed by atoms with Crippen LogP contribution in [0, 0.1) is 12.8 Å². The maximum Gasteiger partial charge on any atom is 0.324 e. The van der Waals surface area contributed by atoms with Gasteiger partial charge in [-0.3, -0.25) is 9.69 Å². The van der Waals surface area contributed by atoms with E-state index in [0.717, 1.165) is 23.4 Å². The Hall–Kier alpha value is -3.02. The number of piperidine rings is 1. The number of carbonyl (C=O) groups excluding carboxylic acids is 2. The third-order valence-electron chi connectivity index (χ3n) is 6.25. The van der Waals surface area contributed by atoms with Gasteiger partial charge >= 0.3 is 6.03 Å². The molecule has 0 spiro atoms. The van der Waals surface area contributed by atoms with Gasteiger partial charge in [0.15, 0.2) is 0 Å². The molecule has 0 aliphatic carbocycles. The molecule has 1 unspecified atom stereocenters. The number of anilines is 1. The van der Waals surface area contributed by atoms with Crippen LogP contribution < -0.4 is 15.0 Å². The van der Waals surface area contributed by atoms with E-state index in [9.17, 15) is 9.59 Å². The average molecular weight is 422 g/mol. The fraction of sp³-hybridized carbons (Fsp3) is 0.440. The fourth-order valence-electron chi connectivity index (χ4n) is 4.24. The van der Waals surface area contributed by atoms with Crippen molar-refractivity contribution in [2.45, 2.75) is 45.8 Å². The van der Waals surface area contributed by atoms with E-state index in [4.69, 9.17) is 4.74 Å². The second kappa shape index (κ2) is 9.41. The van der Waals surface area contributed by atoms with Crippen LogP contribution >= 0.6 is 0 Å². The maximum atomic E-state index is 13.3. The van der Waals surface area contributed by atoms with E-state index in [1.165, 1.54) is 5.56 Å². The van der Waals surface area contributed by atoms with E-state index in [1.54, 1.807) is 0 Å². The summed E-state index contributed by atoms with van der Waals surface area (Å²) in [5.41, 5.74) is 3.14. The van der Waals surface area contributed by atoms with Crippen molar-refractivity contribution in [2.75, 3.05) is 24.5 Å². The van der Waals surface area contributed by atoms with E-state index in [2.05, 4.69) is 31.3 Å². The number of aryl methyl sites for hydroxylation is 1. The summed E-state index contributed by atoms with van der Waals surface area (Å²) >= 11 is 0. The van der Waals surface area contributed by atoms with Gasteiger partial charge in [0, 0.05) is 25.6 Å². The smallest absolute Gasteiger partial charge is 0.324 e. The summed E-state index contributed by atoms with van der Waals surface area (Å²) in [7, 11) is 0. The molecular formula is C25H31N3O3. The number of hydrogen-bond donors (Lipinski definition) is 1. The number of carbonyl (C=O) groups is 2. The summed E-state index contributed by atoms with van der Waals surface area (Å²) in [6.45, 7) is 6.41. The molecule has 1 N–H and O–H groups in total. The molecule has 2 heterocycles. The Morgan fingerprint density at radius 3 is 2.48 bits per heavy atom. The van der Waals surface area contributed by atoms with E-state index < -0.39 is 0 Å². The number of amides is 3. The molecule has 4 rings (SSSR count). The zero-order valence-corrected chi connectivity index (χ0v) is 18.3. The number of hydrogen-bond acceptors (Lipinski definition) is 3. The van der Waals surface area contributed by atoms with Crippen LogP contribution in [0.2, 0.25) is 0 Å². The summed E-state index contributed by atoms with van der Waals surface area (Å²) in [6, 6.07) is 15.9. The molecule has 2 aliphatic rings. The Kier molecular flexibility index (Phi) is 6.44. The number of benzene rings is 2. The zero-order chi connectivity index (χ0) is 21.8. The summed E-state index contributed by atoms with van der Waals surface area (Å²) in [6.07, 6.45) is 2.23. The first-order valence-corrected chi connectivity index (χ1v) is 11.2. The second-order valence-electron chi connectivity index (χ2n) is 8.47. The quantitative estimate of drug-likeness (QED) is 0.808. The maximum absolute atomic E-state index is 13.3. The largest absolute Gasteiger partial charge is 0.486 e. The Morgan fingerprint density at radius 2 is 1.77 bits per heavy atom. The van der Waals surface area contributed by atoms with Gasteiger partial charge < -0.3 is 15.0 Å². The van der Waals surface area contributed by atoms with Crippen molar-refractivity contribution in [1.29, 1.82) is 0 Å². The van der Waals surface area contributed by atoms with Crippen LogP contribution in [0.5, 0.6) is 5.75 Å². The highest BCUT2D eigenvalue weighted by molar-refractivity contribution is 5.94. The Balaban J connectivity index is 1.32. The molecule has 1 saturated heterocycles. The van der Waals surface area contributed by atoms with Gasteiger partial charge in [-0.1, -0.05) is 48.9 Å². The summed E-state index contributed by atoms with van der Waals surface area (Å²) < 4.78 is 6.00. The van der Waals surface area contributed by atoms with Crippen LogP contribution in [0.4, 0.5) is 10.5 Å². The van der Waals surface area contributed by atoms with Gasteiger partial charge in [-0.25, -0.2) is 4.79 Å². The van der Waals surface area contributed by atoms with E-state index >= 15 is 0 Å². The number of rotatable bonds is 4. The number of ether oxygens (including phenoxy) is 1.